The summed E-state index contributed by atoms with van der Waals surface area (Å²) in [6.07, 6.45) is 2.21. The zero-order valence-corrected chi connectivity index (χ0v) is 11.0. The third-order valence-corrected chi connectivity index (χ3v) is 3.12. The molecular weight excluding hydrogens is 236 g/mol. The molecule has 0 aliphatic carbocycles. The van der Waals surface area contributed by atoms with Crippen LogP contribution in [0, 0.1) is 0 Å². The molecule has 1 N–H and O–H groups in total. The summed E-state index contributed by atoms with van der Waals surface area (Å²) in [6.45, 7) is 9.03. The highest BCUT2D eigenvalue weighted by atomic mass is 16.7. The van der Waals surface area contributed by atoms with Crippen LogP contribution in [0.2, 0.25) is 0 Å². The number of urea groups is 1. The molecule has 18 heavy (non-hydrogen) atoms. The predicted molar refractivity (Wildman–Crippen MR) is 65.9 cm³/mol. The average Bonchev–Trinajstić information content (AvgIpc) is 2.28. The molecule has 1 aliphatic rings. The molecule has 102 valence electrons. The van der Waals surface area contributed by atoms with Crippen LogP contribution in [0.3, 0.4) is 0 Å². The SMILES string of the molecule is C=CCON1C(=O)N(C(C)(C)C(=O)O)CCC1C. The fraction of sp³-hybridized carbons (Fsp3) is 0.667. The van der Waals surface area contributed by atoms with Gasteiger partial charge in [-0.05, 0) is 27.2 Å². The van der Waals surface area contributed by atoms with Crippen LogP contribution in [-0.2, 0) is 9.63 Å². The van der Waals surface area contributed by atoms with E-state index in [1.54, 1.807) is 6.08 Å². The van der Waals surface area contributed by atoms with Gasteiger partial charge in [0.05, 0.1) is 12.6 Å². The summed E-state index contributed by atoms with van der Waals surface area (Å²) in [5.41, 5.74) is -1.24. The summed E-state index contributed by atoms with van der Waals surface area (Å²) in [7, 11) is 0. The van der Waals surface area contributed by atoms with E-state index in [2.05, 4.69) is 6.58 Å². The summed E-state index contributed by atoms with van der Waals surface area (Å²) < 4.78 is 0. The zero-order valence-electron chi connectivity index (χ0n) is 11.0. The highest BCUT2D eigenvalue weighted by molar-refractivity contribution is 5.85. The number of carbonyl (C=O) groups is 2. The summed E-state index contributed by atoms with van der Waals surface area (Å²) in [6, 6.07) is -0.485. The largest absolute Gasteiger partial charge is 0.480 e. The van der Waals surface area contributed by atoms with Crippen LogP contribution in [0.25, 0.3) is 0 Å². The van der Waals surface area contributed by atoms with E-state index in [1.807, 2.05) is 6.92 Å². The van der Waals surface area contributed by atoms with Crippen molar-refractivity contribution in [2.24, 2.45) is 0 Å². The van der Waals surface area contributed by atoms with E-state index >= 15 is 0 Å². The molecule has 1 aliphatic heterocycles. The minimum atomic E-state index is -1.24. The molecular formula is C12H20N2O4. The minimum absolute atomic E-state index is 0.0710. The Labute approximate surface area is 107 Å². The van der Waals surface area contributed by atoms with Crippen molar-refractivity contribution in [2.45, 2.75) is 38.8 Å². The Balaban J connectivity index is 2.88. The van der Waals surface area contributed by atoms with Crippen LogP contribution in [0.1, 0.15) is 27.2 Å². The van der Waals surface area contributed by atoms with Crippen molar-refractivity contribution in [2.75, 3.05) is 13.2 Å². The lowest BCUT2D eigenvalue weighted by molar-refractivity contribution is -0.167. The number of hydrogen-bond acceptors (Lipinski definition) is 3. The third-order valence-electron chi connectivity index (χ3n) is 3.12. The van der Waals surface area contributed by atoms with Gasteiger partial charge in [0.2, 0.25) is 0 Å². The molecule has 0 aromatic carbocycles. The van der Waals surface area contributed by atoms with Gasteiger partial charge in [0.15, 0.2) is 0 Å². The van der Waals surface area contributed by atoms with Crippen molar-refractivity contribution in [1.82, 2.24) is 9.96 Å². The molecule has 0 radical (unpaired) electrons. The van der Waals surface area contributed by atoms with Crippen molar-refractivity contribution in [3.05, 3.63) is 12.7 Å². The van der Waals surface area contributed by atoms with Gasteiger partial charge in [-0.15, -0.1) is 6.58 Å². The molecule has 1 heterocycles. The van der Waals surface area contributed by atoms with Gasteiger partial charge < -0.3 is 10.0 Å². The first kappa shape index (κ1) is 14.5. The maximum absolute atomic E-state index is 12.2. The van der Waals surface area contributed by atoms with Gasteiger partial charge in [-0.3, -0.25) is 4.84 Å². The summed E-state index contributed by atoms with van der Waals surface area (Å²) in [4.78, 5) is 30.0. The van der Waals surface area contributed by atoms with E-state index in [9.17, 15) is 14.7 Å². The lowest BCUT2D eigenvalue weighted by Crippen LogP contribution is -2.62. The summed E-state index contributed by atoms with van der Waals surface area (Å²) in [5, 5.41) is 10.4. The molecule has 0 aromatic rings. The van der Waals surface area contributed by atoms with Crippen LogP contribution in [-0.4, -0.2) is 51.8 Å². The fourth-order valence-electron chi connectivity index (χ4n) is 1.79. The first-order valence-corrected chi connectivity index (χ1v) is 5.90. The number of carbonyl (C=O) groups excluding carboxylic acids is 1. The Hall–Kier alpha value is -1.56. The summed E-state index contributed by atoms with van der Waals surface area (Å²) in [5.74, 6) is -1.03. The highest BCUT2D eigenvalue weighted by Crippen LogP contribution is 2.24. The van der Waals surface area contributed by atoms with Gasteiger partial charge in [0, 0.05) is 6.54 Å². The van der Waals surface area contributed by atoms with Crippen LogP contribution in [0.15, 0.2) is 12.7 Å². The molecule has 1 saturated heterocycles. The molecule has 1 fully saturated rings. The molecule has 0 bridgehead atoms. The van der Waals surface area contributed by atoms with Crippen molar-refractivity contribution < 1.29 is 19.5 Å². The molecule has 0 saturated carbocycles. The van der Waals surface area contributed by atoms with E-state index in [0.717, 1.165) is 0 Å². The van der Waals surface area contributed by atoms with E-state index in [0.29, 0.717) is 13.0 Å². The number of carboxylic acid groups (broad SMARTS) is 1. The molecule has 0 aromatic heterocycles. The summed E-state index contributed by atoms with van der Waals surface area (Å²) >= 11 is 0. The molecule has 0 spiro atoms. The topological polar surface area (TPSA) is 70.1 Å². The van der Waals surface area contributed by atoms with Gasteiger partial charge in [-0.2, -0.15) is 5.06 Å². The number of amides is 2. The van der Waals surface area contributed by atoms with Crippen molar-refractivity contribution in [1.29, 1.82) is 0 Å². The van der Waals surface area contributed by atoms with Gasteiger partial charge >= 0.3 is 12.0 Å². The van der Waals surface area contributed by atoms with E-state index in [1.165, 1.54) is 23.8 Å². The number of rotatable bonds is 5. The highest BCUT2D eigenvalue weighted by Gasteiger charge is 2.43. The van der Waals surface area contributed by atoms with Crippen LogP contribution in [0.5, 0.6) is 0 Å². The Morgan fingerprint density at radius 2 is 2.28 bits per heavy atom. The van der Waals surface area contributed by atoms with Crippen molar-refractivity contribution >= 4 is 12.0 Å². The van der Waals surface area contributed by atoms with Gasteiger partial charge in [-0.1, -0.05) is 6.08 Å². The second-order valence-electron chi connectivity index (χ2n) is 4.85. The smallest absolute Gasteiger partial charge is 0.345 e. The lowest BCUT2D eigenvalue weighted by atomic mass is 10.0. The number of hydroxylamine groups is 2. The maximum Gasteiger partial charge on any atom is 0.345 e. The van der Waals surface area contributed by atoms with Crippen molar-refractivity contribution in [3.63, 3.8) is 0 Å². The monoisotopic (exact) mass is 256 g/mol. The van der Waals surface area contributed by atoms with Crippen LogP contribution >= 0.6 is 0 Å². The van der Waals surface area contributed by atoms with Crippen LogP contribution < -0.4 is 0 Å². The fourth-order valence-corrected chi connectivity index (χ4v) is 1.79. The Morgan fingerprint density at radius 1 is 1.67 bits per heavy atom. The minimum Gasteiger partial charge on any atom is -0.480 e. The zero-order chi connectivity index (χ0) is 13.9. The normalized spacial score (nSPS) is 21.1. The first-order valence-electron chi connectivity index (χ1n) is 5.90. The maximum atomic E-state index is 12.2. The van der Waals surface area contributed by atoms with Crippen LogP contribution in [0.4, 0.5) is 4.79 Å². The Kier molecular flexibility index (Phi) is 4.34. The predicted octanol–water partition coefficient (Wildman–Crippen LogP) is 1.48. The van der Waals surface area contributed by atoms with Crippen molar-refractivity contribution in [3.8, 4) is 0 Å². The number of hydrogen-bond donors (Lipinski definition) is 1. The molecule has 6 heteroatoms. The van der Waals surface area contributed by atoms with E-state index < -0.39 is 17.5 Å². The molecule has 2 amide bonds. The Morgan fingerprint density at radius 3 is 2.78 bits per heavy atom. The van der Waals surface area contributed by atoms with E-state index in [4.69, 9.17) is 4.84 Å². The molecule has 1 rings (SSSR count). The molecule has 1 unspecified atom stereocenters. The third kappa shape index (κ3) is 2.64. The molecule has 1 atom stereocenters. The first-order chi connectivity index (χ1) is 8.32. The van der Waals surface area contributed by atoms with Gasteiger partial charge in [-0.25, -0.2) is 9.59 Å². The second-order valence-corrected chi connectivity index (χ2v) is 4.85. The quantitative estimate of drug-likeness (QED) is 0.756. The second kappa shape index (κ2) is 5.39. The van der Waals surface area contributed by atoms with E-state index in [-0.39, 0.29) is 12.6 Å². The number of nitrogens with zero attached hydrogens (tertiary/aromatic N) is 2. The molecule has 6 nitrogen and oxygen atoms in total. The number of aliphatic carboxylic acids is 1. The Bertz CT molecular complexity index is 354. The van der Waals surface area contributed by atoms with Gasteiger partial charge in [0.25, 0.3) is 0 Å². The lowest BCUT2D eigenvalue weighted by Gasteiger charge is -2.44. The van der Waals surface area contributed by atoms with Gasteiger partial charge in [0.1, 0.15) is 5.54 Å². The average molecular weight is 256 g/mol. The number of carboxylic acids is 1. The standard InChI is InChI=1S/C12H20N2O4/c1-5-8-18-14-9(2)6-7-13(11(14)17)12(3,4)10(15)16/h5,9H,1,6-8H2,2-4H3,(H,15,16).